The molecule has 0 bridgehead atoms. The number of likely N-dealkylation sites (tertiary alicyclic amines) is 2. The van der Waals surface area contributed by atoms with E-state index in [2.05, 4.69) is 118 Å². The summed E-state index contributed by atoms with van der Waals surface area (Å²) in [5.74, 6) is -0.112. The quantitative estimate of drug-likeness (QED) is 0.150. The van der Waals surface area contributed by atoms with Crippen molar-refractivity contribution in [3.63, 3.8) is 0 Å². The number of fused-ring (bicyclic) bond motifs is 2. The molecule has 0 aromatic heterocycles. The molecule has 0 saturated carbocycles. The topological polar surface area (TPSA) is 70.5 Å². The van der Waals surface area contributed by atoms with Crippen molar-refractivity contribution in [3.8, 4) is 22.3 Å². The zero-order valence-corrected chi connectivity index (χ0v) is 32.3. The van der Waals surface area contributed by atoms with Crippen LogP contribution in [-0.2, 0) is 43.8 Å². The Balaban J connectivity index is 0.877. The zero-order chi connectivity index (χ0) is 37.2. The number of rotatable bonds is 14. The molecule has 2 fully saturated rings. The molecule has 4 aromatic carbocycles. The van der Waals surface area contributed by atoms with Crippen LogP contribution in [0.5, 0.6) is 0 Å². The number of ketones is 1. The van der Waals surface area contributed by atoms with Crippen LogP contribution in [0.3, 0.4) is 0 Å². The second-order valence-corrected chi connectivity index (χ2v) is 16.5. The van der Waals surface area contributed by atoms with E-state index in [0.717, 1.165) is 25.9 Å². The monoisotopic (exact) mass is 726 g/mol. The summed E-state index contributed by atoms with van der Waals surface area (Å²) in [6.45, 7) is 11.2. The average Bonchev–Trinajstić information content (AvgIpc) is 4.00. The fourth-order valence-corrected chi connectivity index (χ4v) is 9.56. The van der Waals surface area contributed by atoms with Crippen molar-refractivity contribution >= 4 is 5.78 Å². The first-order chi connectivity index (χ1) is 26.4. The lowest BCUT2D eigenvalue weighted by Crippen LogP contribution is -2.52. The molecule has 2 unspecified atom stereocenters. The van der Waals surface area contributed by atoms with Crippen LogP contribution in [-0.4, -0.2) is 99.2 Å². The molecule has 0 aliphatic carbocycles. The molecular weight excluding hydrogens is 669 g/mol. The maximum atomic E-state index is 14.1. The van der Waals surface area contributed by atoms with Crippen molar-refractivity contribution in [1.29, 1.82) is 0 Å². The van der Waals surface area contributed by atoms with Crippen LogP contribution < -0.4 is 0 Å². The van der Waals surface area contributed by atoms with Crippen LogP contribution in [0.15, 0.2) is 84.9 Å². The molecule has 54 heavy (non-hydrogen) atoms. The third-order valence-corrected chi connectivity index (χ3v) is 13.1. The van der Waals surface area contributed by atoms with Crippen molar-refractivity contribution in [2.24, 2.45) is 0 Å². The Kier molecular flexibility index (Phi) is 11.4. The van der Waals surface area contributed by atoms with Gasteiger partial charge in [-0.15, -0.1) is 0 Å². The van der Waals surface area contributed by atoms with Gasteiger partial charge < -0.3 is 20.0 Å². The van der Waals surface area contributed by atoms with Crippen molar-refractivity contribution < 1.29 is 15.0 Å². The third kappa shape index (κ3) is 7.99. The van der Waals surface area contributed by atoms with Gasteiger partial charge in [-0.25, -0.2) is 0 Å². The molecule has 2 N–H and O–H groups in total. The Bertz CT molecular complexity index is 1770. The van der Waals surface area contributed by atoms with E-state index in [-0.39, 0.29) is 19.0 Å². The molecule has 4 aromatic rings. The molecule has 4 atom stereocenters. The lowest BCUT2D eigenvalue weighted by molar-refractivity contribution is -0.133. The first-order valence-corrected chi connectivity index (χ1v) is 20.5. The van der Waals surface area contributed by atoms with E-state index in [9.17, 15) is 15.0 Å². The second-order valence-electron chi connectivity index (χ2n) is 16.5. The summed E-state index contributed by atoms with van der Waals surface area (Å²) in [6, 6.07) is 31.2. The van der Waals surface area contributed by atoms with Crippen LogP contribution in [0.1, 0.15) is 72.9 Å². The minimum Gasteiger partial charge on any atom is -0.394 e. The van der Waals surface area contributed by atoms with Crippen LogP contribution in [0.4, 0.5) is 0 Å². The van der Waals surface area contributed by atoms with Gasteiger partial charge in [0.25, 0.3) is 0 Å². The maximum absolute atomic E-state index is 14.1. The number of Topliss-reactive ketones (excluding diaryl/α,β-unsaturated/α-hetero) is 1. The normalized spacial score (nSPS) is 21.8. The van der Waals surface area contributed by atoms with E-state index < -0.39 is 12.1 Å². The predicted octanol–water partition coefficient (Wildman–Crippen LogP) is 6.70. The van der Waals surface area contributed by atoms with Crippen LogP contribution in [0.25, 0.3) is 22.3 Å². The van der Waals surface area contributed by atoms with Crippen molar-refractivity contribution in [3.05, 3.63) is 118 Å². The number of carbonyl (C=O) groups excluding carboxylic acids is 1. The Hall–Kier alpha value is -3.69. The fraction of sp³-hybridized carbons (Fsp3) is 0.468. The molecule has 284 valence electrons. The Morgan fingerprint density at radius 2 is 0.963 bits per heavy atom. The number of hydrogen-bond donors (Lipinski definition) is 2. The van der Waals surface area contributed by atoms with Gasteiger partial charge in [-0.05, 0) is 133 Å². The number of carbonyl (C=O) groups is 1. The van der Waals surface area contributed by atoms with Gasteiger partial charge in [-0.1, -0.05) is 72.8 Å². The number of nitrogens with zero attached hydrogens (tertiary/aromatic N) is 4. The molecule has 7 heteroatoms. The number of benzene rings is 4. The summed E-state index contributed by atoms with van der Waals surface area (Å²) in [7, 11) is 0. The summed E-state index contributed by atoms with van der Waals surface area (Å²) >= 11 is 0. The second kappa shape index (κ2) is 16.6. The first-order valence-electron chi connectivity index (χ1n) is 20.5. The Morgan fingerprint density at radius 1 is 0.574 bits per heavy atom. The predicted molar refractivity (Wildman–Crippen MR) is 217 cm³/mol. The van der Waals surface area contributed by atoms with Crippen molar-refractivity contribution in [1.82, 2.24) is 19.6 Å². The number of aliphatic hydroxyl groups excluding tert-OH is 2. The van der Waals surface area contributed by atoms with E-state index in [1.807, 2.05) is 0 Å². The molecule has 2 saturated heterocycles. The summed E-state index contributed by atoms with van der Waals surface area (Å²) in [5, 5.41) is 21.2. The van der Waals surface area contributed by atoms with Gasteiger partial charge in [0.1, 0.15) is 0 Å². The van der Waals surface area contributed by atoms with Crippen molar-refractivity contribution in [2.45, 2.75) is 103 Å². The highest BCUT2D eigenvalue weighted by molar-refractivity contribution is 5.89. The van der Waals surface area contributed by atoms with Gasteiger partial charge in [0.15, 0.2) is 5.78 Å². The van der Waals surface area contributed by atoms with E-state index >= 15 is 0 Å². The lowest BCUT2D eigenvalue weighted by Gasteiger charge is -2.31. The van der Waals surface area contributed by atoms with Crippen LogP contribution in [0.2, 0.25) is 0 Å². The Labute approximate surface area is 322 Å². The molecule has 0 amide bonds. The van der Waals surface area contributed by atoms with E-state index in [1.165, 1.54) is 94.4 Å². The average molecular weight is 727 g/mol. The van der Waals surface area contributed by atoms with Gasteiger partial charge in [0, 0.05) is 51.4 Å². The highest BCUT2D eigenvalue weighted by Crippen LogP contribution is 2.33. The fourth-order valence-electron chi connectivity index (χ4n) is 9.56. The molecular formula is C47H58N4O3. The summed E-state index contributed by atoms with van der Waals surface area (Å²) in [5.41, 5.74) is 12.3. The van der Waals surface area contributed by atoms with Gasteiger partial charge in [-0.2, -0.15) is 0 Å². The summed E-state index contributed by atoms with van der Waals surface area (Å²) in [6.07, 6.45) is 7.40. The van der Waals surface area contributed by atoms with E-state index in [4.69, 9.17) is 0 Å². The Morgan fingerprint density at radius 3 is 1.33 bits per heavy atom. The van der Waals surface area contributed by atoms with Crippen molar-refractivity contribution in [2.75, 3.05) is 39.4 Å². The minimum atomic E-state index is -0.679. The first kappa shape index (κ1) is 37.2. The molecule has 0 radical (unpaired) electrons. The third-order valence-electron chi connectivity index (χ3n) is 13.1. The summed E-state index contributed by atoms with van der Waals surface area (Å²) < 4.78 is 0. The molecule has 4 aliphatic rings. The lowest BCUT2D eigenvalue weighted by atomic mass is 9.99. The molecule has 4 aliphatic heterocycles. The van der Waals surface area contributed by atoms with Gasteiger partial charge in [0.2, 0.25) is 0 Å². The number of aliphatic hydroxyl groups is 2. The SMILES string of the molecule is CC1CCCN1CCc1ccc(-c2ccc3c(c2)CN([C@H](CO)C(=O)[C@@H](CO)N2Cc4ccc(-c5ccc(CCN6CCCC6C)cc5)cc4C2)C3)cc1. The molecule has 8 rings (SSSR count). The molecule has 0 spiro atoms. The van der Waals surface area contributed by atoms with Crippen LogP contribution >= 0.6 is 0 Å². The summed E-state index contributed by atoms with van der Waals surface area (Å²) in [4.78, 5) is 23.5. The number of hydrogen-bond acceptors (Lipinski definition) is 7. The highest BCUT2D eigenvalue weighted by atomic mass is 16.3. The largest absolute Gasteiger partial charge is 0.394 e. The minimum absolute atomic E-state index is 0.112. The van der Waals surface area contributed by atoms with Crippen LogP contribution in [0, 0.1) is 0 Å². The van der Waals surface area contributed by atoms with Gasteiger partial charge >= 0.3 is 0 Å². The standard InChI is InChI=1S/C47H58N4O3/c1-33-5-3-21-48(33)23-19-35-7-11-37(12-8-35)39-15-17-41-27-50(29-43(41)25-39)45(31-52)47(54)46(32-53)51-28-42-18-16-40(26-44(42)30-51)38-13-9-36(10-14-38)20-24-49-22-4-6-34(49)2/h7-18,25-26,33-34,45-46,52-53H,3-6,19-24,27-32H2,1-2H3/t33?,34?,45-,46-/m1/s1. The smallest absolute Gasteiger partial charge is 0.171 e. The zero-order valence-electron chi connectivity index (χ0n) is 32.3. The van der Waals surface area contributed by atoms with Gasteiger partial charge in [0.05, 0.1) is 25.3 Å². The van der Waals surface area contributed by atoms with E-state index in [0.29, 0.717) is 38.3 Å². The highest BCUT2D eigenvalue weighted by Gasteiger charge is 2.38. The van der Waals surface area contributed by atoms with E-state index in [1.54, 1.807) is 0 Å². The maximum Gasteiger partial charge on any atom is 0.171 e. The molecule has 4 heterocycles. The van der Waals surface area contributed by atoms with Gasteiger partial charge in [-0.3, -0.25) is 14.6 Å². The molecule has 7 nitrogen and oxygen atoms in total.